The molecule has 0 aliphatic heterocycles. The van der Waals surface area contributed by atoms with Gasteiger partial charge in [0.2, 0.25) is 0 Å². The Kier molecular flexibility index (Phi) is 5.01. The highest BCUT2D eigenvalue weighted by molar-refractivity contribution is 5.85. The van der Waals surface area contributed by atoms with Crippen LogP contribution in [0.3, 0.4) is 0 Å². The van der Waals surface area contributed by atoms with E-state index in [1.54, 1.807) is 6.07 Å². The number of nitrogens with one attached hydrogen (secondary N) is 1. The first-order chi connectivity index (χ1) is 9.65. The zero-order chi connectivity index (χ0) is 14.5. The number of H-pyrrole nitrogens is 1. The third-order valence-corrected chi connectivity index (χ3v) is 3.59. The van der Waals surface area contributed by atoms with Gasteiger partial charge in [0.25, 0.3) is 0 Å². The van der Waals surface area contributed by atoms with Gasteiger partial charge in [-0.15, -0.1) is 0 Å². The highest BCUT2D eigenvalue weighted by atomic mass is 19.1. The molecule has 2 N–H and O–H groups in total. The summed E-state index contributed by atoms with van der Waals surface area (Å²) in [6.07, 6.45) is 5.00. The molecule has 1 aromatic carbocycles. The minimum Gasteiger partial charge on any atom is -0.508 e. The molecule has 1 heterocycles. The van der Waals surface area contributed by atoms with Gasteiger partial charge in [0, 0.05) is 24.2 Å². The number of benzene rings is 1. The molecule has 0 spiro atoms. The highest BCUT2D eigenvalue weighted by Gasteiger charge is 2.11. The monoisotopic (exact) mass is 278 g/mol. The number of phenolic OH excluding ortho intramolecular Hbond substituents is 1. The van der Waals surface area contributed by atoms with Crippen molar-refractivity contribution < 1.29 is 9.50 Å². The summed E-state index contributed by atoms with van der Waals surface area (Å²) in [5.74, 6) is -0.417. The highest BCUT2D eigenvalue weighted by Crippen LogP contribution is 2.26. The van der Waals surface area contributed by atoms with Crippen LogP contribution in [0.2, 0.25) is 0 Å². The van der Waals surface area contributed by atoms with E-state index in [2.05, 4.69) is 23.7 Å². The van der Waals surface area contributed by atoms with E-state index in [4.69, 9.17) is 0 Å². The van der Waals surface area contributed by atoms with Gasteiger partial charge in [-0.25, -0.2) is 4.39 Å². The topological polar surface area (TPSA) is 39.3 Å². The molecular formula is C16H23FN2O. The minimum absolute atomic E-state index is 0.0187. The van der Waals surface area contributed by atoms with Crippen molar-refractivity contribution in [2.75, 3.05) is 19.6 Å². The van der Waals surface area contributed by atoms with E-state index in [1.807, 2.05) is 6.20 Å². The standard InChI is InChI=1S/C16H23FN2O/c1-3-6-19(7-4-2)8-5-12-11-18-16-14(12)9-13(20)10-15(16)17/h9-11,18,20H,3-8H2,1-2H3. The van der Waals surface area contributed by atoms with Gasteiger partial charge in [0.05, 0.1) is 5.52 Å². The van der Waals surface area contributed by atoms with Gasteiger partial charge < -0.3 is 15.0 Å². The number of phenols is 1. The van der Waals surface area contributed by atoms with Crippen LogP contribution in [-0.4, -0.2) is 34.6 Å². The molecule has 2 aromatic rings. The van der Waals surface area contributed by atoms with Crippen LogP contribution < -0.4 is 0 Å². The minimum atomic E-state index is -0.398. The maximum atomic E-state index is 13.7. The Labute approximate surface area is 119 Å². The molecule has 0 aliphatic rings. The number of rotatable bonds is 7. The zero-order valence-electron chi connectivity index (χ0n) is 12.2. The van der Waals surface area contributed by atoms with Gasteiger partial charge in [-0.3, -0.25) is 0 Å². The number of halogens is 1. The lowest BCUT2D eigenvalue weighted by Crippen LogP contribution is -2.27. The lowest BCUT2D eigenvalue weighted by molar-refractivity contribution is 0.278. The summed E-state index contributed by atoms with van der Waals surface area (Å²) in [6.45, 7) is 7.51. The zero-order valence-corrected chi connectivity index (χ0v) is 12.2. The van der Waals surface area contributed by atoms with Crippen molar-refractivity contribution in [3.63, 3.8) is 0 Å². The van der Waals surface area contributed by atoms with Crippen molar-refractivity contribution in [1.82, 2.24) is 9.88 Å². The first-order valence-electron chi connectivity index (χ1n) is 7.36. The van der Waals surface area contributed by atoms with E-state index in [1.165, 1.54) is 0 Å². The number of nitrogens with zero attached hydrogens (tertiary/aromatic N) is 1. The van der Waals surface area contributed by atoms with Crippen molar-refractivity contribution in [2.24, 2.45) is 0 Å². The second kappa shape index (κ2) is 6.75. The normalized spacial score (nSPS) is 11.6. The molecule has 0 saturated carbocycles. The summed E-state index contributed by atoms with van der Waals surface area (Å²) in [5.41, 5.74) is 1.54. The molecule has 3 nitrogen and oxygen atoms in total. The first kappa shape index (κ1) is 14.9. The van der Waals surface area contributed by atoms with Crippen LogP contribution in [0.25, 0.3) is 10.9 Å². The van der Waals surface area contributed by atoms with E-state index < -0.39 is 5.82 Å². The molecule has 0 bridgehead atoms. The number of aromatic amines is 1. The van der Waals surface area contributed by atoms with E-state index in [0.717, 1.165) is 55.9 Å². The maximum absolute atomic E-state index is 13.7. The number of hydrogen-bond acceptors (Lipinski definition) is 2. The van der Waals surface area contributed by atoms with E-state index in [0.29, 0.717) is 5.52 Å². The fourth-order valence-electron chi connectivity index (χ4n) is 2.68. The second-order valence-corrected chi connectivity index (χ2v) is 5.26. The Bertz CT molecular complexity index is 559. The summed E-state index contributed by atoms with van der Waals surface area (Å²) >= 11 is 0. The molecule has 110 valence electrons. The number of hydrogen-bond donors (Lipinski definition) is 2. The van der Waals surface area contributed by atoms with Crippen LogP contribution in [0.1, 0.15) is 32.3 Å². The Balaban J connectivity index is 2.13. The summed E-state index contributed by atoms with van der Waals surface area (Å²) < 4.78 is 13.7. The van der Waals surface area contributed by atoms with Crippen molar-refractivity contribution in [3.8, 4) is 5.75 Å². The molecule has 0 atom stereocenters. The third kappa shape index (κ3) is 3.31. The second-order valence-electron chi connectivity index (χ2n) is 5.26. The molecule has 20 heavy (non-hydrogen) atoms. The average Bonchev–Trinajstić information content (AvgIpc) is 2.80. The van der Waals surface area contributed by atoms with Gasteiger partial charge in [0.1, 0.15) is 5.75 Å². The summed E-state index contributed by atoms with van der Waals surface area (Å²) in [7, 11) is 0. The van der Waals surface area contributed by atoms with Crippen LogP contribution >= 0.6 is 0 Å². The quantitative estimate of drug-likeness (QED) is 0.811. The Morgan fingerprint density at radius 2 is 1.85 bits per heavy atom. The van der Waals surface area contributed by atoms with E-state index in [9.17, 15) is 9.50 Å². The van der Waals surface area contributed by atoms with Crippen molar-refractivity contribution >= 4 is 10.9 Å². The van der Waals surface area contributed by atoms with Gasteiger partial charge in [-0.05, 0) is 44.0 Å². The molecular weight excluding hydrogens is 255 g/mol. The number of aromatic hydroxyl groups is 1. The third-order valence-electron chi connectivity index (χ3n) is 3.59. The van der Waals surface area contributed by atoms with Crippen LogP contribution in [-0.2, 0) is 6.42 Å². The Morgan fingerprint density at radius 3 is 2.50 bits per heavy atom. The predicted octanol–water partition coefficient (Wildman–Crippen LogP) is 3.68. The van der Waals surface area contributed by atoms with Crippen molar-refractivity contribution in [3.05, 3.63) is 29.7 Å². The van der Waals surface area contributed by atoms with Gasteiger partial charge >= 0.3 is 0 Å². The molecule has 2 rings (SSSR count). The molecule has 0 saturated heterocycles. The largest absolute Gasteiger partial charge is 0.508 e. The fraction of sp³-hybridized carbons (Fsp3) is 0.500. The van der Waals surface area contributed by atoms with Crippen LogP contribution in [0.5, 0.6) is 5.75 Å². The maximum Gasteiger partial charge on any atom is 0.150 e. The van der Waals surface area contributed by atoms with Gasteiger partial charge in [-0.1, -0.05) is 13.8 Å². The molecule has 0 aliphatic carbocycles. The van der Waals surface area contributed by atoms with Crippen LogP contribution in [0.15, 0.2) is 18.3 Å². The van der Waals surface area contributed by atoms with Gasteiger partial charge in [-0.2, -0.15) is 0 Å². The van der Waals surface area contributed by atoms with Crippen LogP contribution in [0.4, 0.5) is 4.39 Å². The summed E-state index contributed by atoms with van der Waals surface area (Å²) in [6, 6.07) is 2.78. The SMILES string of the molecule is CCCN(CCC)CCc1c[nH]c2c(F)cc(O)cc12. The van der Waals surface area contributed by atoms with Crippen molar-refractivity contribution in [1.29, 1.82) is 0 Å². The summed E-state index contributed by atoms with van der Waals surface area (Å²) in [5, 5.41) is 10.3. The average molecular weight is 278 g/mol. The van der Waals surface area contributed by atoms with Crippen molar-refractivity contribution in [2.45, 2.75) is 33.1 Å². The fourth-order valence-corrected chi connectivity index (χ4v) is 2.68. The Morgan fingerprint density at radius 1 is 1.15 bits per heavy atom. The summed E-state index contributed by atoms with van der Waals surface area (Å²) in [4.78, 5) is 5.40. The Hall–Kier alpha value is -1.55. The lowest BCUT2D eigenvalue weighted by Gasteiger charge is -2.20. The lowest BCUT2D eigenvalue weighted by atomic mass is 10.1. The smallest absolute Gasteiger partial charge is 0.150 e. The molecule has 0 radical (unpaired) electrons. The predicted molar refractivity (Wildman–Crippen MR) is 80.6 cm³/mol. The van der Waals surface area contributed by atoms with E-state index >= 15 is 0 Å². The molecule has 0 fully saturated rings. The molecule has 1 aromatic heterocycles. The molecule has 0 unspecified atom stereocenters. The molecule has 0 amide bonds. The first-order valence-corrected chi connectivity index (χ1v) is 7.36. The van der Waals surface area contributed by atoms with Gasteiger partial charge in [0.15, 0.2) is 5.82 Å². The number of fused-ring (bicyclic) bond motifs is 1. The molecule has 4 heteroatoms. The van der Waals surface area contributed by atoms with Crippen LogP contribution in [0, 0.1) is 5.82 Å². The number of aromatic nitrogens is 1. The van der Waals surface area contributed by atoms with E-state index in [-0.39, 0.29) is 5.75 Å².